The third-order valence-corrected chi connectivity index (χ3v) is 4.63. The van der Waals surface area contributed by atoms with Crippen LogP contribution in [0.1, 0.15) is 5.56 Å². The molecule has 3 rings (SSSR count). The third kappa shape index (κ3) is 3.13. The number of hydrogen-bond donors (Lipinski definition) is 1. The van der Waals surface area contributed by atoms with E-state index in [0.717, 1.165) is 38.4 Å². The summed E-state index contributed by atoms with van der Waals surface area (Å²) < 4.78 is 7.99. The summed E-state index contributed by atoms with van der Waals surface area (Å²) in [4.78, 5) is 0. The topological polar surface area (TPSA) is 21.3 Å². The van der Waals surface area contributed by atoms with E-state index >= 15 is 0 Å². The van der Waals surface area contributed by atoms with Crippen LogP contribution in [-0.2, 0) is 6.42 Å². The number of anilines is 1. The highest BCUT2D eigenvalue weighted by atomic mass is 79.9. The van der Waals surface area contributed by atoms with E-state index in [4.69, 9.17) is 16.3 Å². The summed E-state index contributed by atoms with van der Waals surface area (Å²) in [6, 6.07) is 11.8. The molecule has 0 amide bonds. The zero-order valence-corrected chi connectivity index (χ0v) is 14.4. The lowest BCUT2D eigenvalue weighted by Gasteiger charge is -2.14. The fourth-order valence-corrected chi connectivity index (χ4v) is 3.20. The van der Waals surface area contributed by atoms with Crippen LogP contribution in [0.25, 0.3) is 0 Å². The highest BCUT2D eigenvalue weighted by molar-refractivity contribution is 9.11. The highest BCUT2D eigenvalue weighted by Crippen LogP contribution is 2.32. The van der Waals surface area contributed by atoms with Crippen LogP contribution in [0, 0.1) is 0 Å². The molecule has 0 saturated heterocycles. The molecular formula is C15H12Br2ClNO. The van der Waals surface area contributed by atoms with E-state index in [1.165, 1.54) is 5.56 Å². The fourth-order valence-electron chi connectivity index (χ4n) is 2.26. The Hall–Kier alpha value is -0.710. The first-order chi connectivity index (χ1) is 9.61. The summed E-state index contributed by atoms with van der Waals surface area (Å²) in [5.74, 6) is 0.939. The van der Waals surface area contributed by atoms with Crippen LogP contribution >= 0.6 is 43.5 Å². The van der Waals surface area contributed by atoms with Crippen LogP contribution in [0.3, 0.4) is 0 Å². The van der Waals surface area contributed by atoms with E-state index in [9.17, 15) is 0 Å². The van der Waals surface area contributed by atoms with Gasteiger partial charge in [-0.1, -0.05) is 27.5 Å². The van der Waals surface area contributed by atoms with E-state index in [1.807, 2.05) is 36.4 Å². The second kappa shape index (κ2) is 5.96. The summed E-state index contributed by atoms with van der Waals surface area (Å²) in [6.45, 7) is 0.751. The van der Waals surface area contributed by atoms with E-state index in [-0.39, 0.29) is 6.10 Å². The Morgan fingerprint density at radius 3 is 2.90 bits per heavy atom. The smallest absolute Gasteiger partial charge is 0.123 e. The molecule has 0 spiro atoms. The molecule has 0 fully saturated rings. The third-order valence-electron chi connectivity index (χ3n) is 3.21. The highest BCUT2D eigenvalue weighted by Gasteiger charge is 2.22. The van der Waals surface area contributed by atoms with Crippen molar-refractivity contribution in [3.05, 3.63) is 55.9 Å². The minimum absolute atomic E-state index is 0.134. The van der Waals surface area contributed by atoms with Crippen molar-refractivity contribution in [1.82, 2.24) is 0 Å². The standard InChI is InChI=1S/C15H12Br2ClNO/c16-10-1-3-13(17)14(7-10)19-8-12-6-9-5-11(18)2-4-15(9)20-12/h1-5,7,12,19H,6,8H2. The molecule has 1 unspecified atom stereocenters. The first kappa shape index (κ1) is 14.2. The molecule has 5 heteroatoms. The van der Waals surface area contributed by atoms with Crippen LogP contribution in [-0.4, -0.2) is 12.6 Å². The van der Waals surface area contributed by atoms with Crippen LogP contribution in [0.2, 0.25) is 5.02 Å². The monoisotopic (exact) mass is 415 g/mol. The lowest BCUT2D eigenvalue weighted by atomic mass is 10.1. The predicted molar refractivity (Wildman–Crippen MR) is 89.9 cm³/mol. The summed E-state index contributed by atoms with van der Waals surface area (Å²) in [5.41, 5.74) is 2.23. The van der Waals surface area contributed by atoms with Gasteiger partial charge in [-0.15, -0.1) is 0 Å². The first-order valence-corrected chi connectivity index (χ1v) is 8.22. The predicted octanol–water partition coefficient (Wildman–Crippen LogP) is 5.28. The van der Waals surface area contributed by atoms with Crippen molar-refractivity contribution in [2.45, 2.75) is 12.5 Å². The number of nitrogens with one attached hydrogen (secondary N) is 1. The van der Waals surface area contributed by atoms with Gasteiger partial charge in [-0.2, -0.15) is 0 Å². The van der Waals surface area contributed by atoms with Gasteiger partial charge in [0.2, 0.25) is 0 Å². The minimum atomic E-state index is 0.134. The molecule has 1 aliphatic heterocycles. The van der Waals surface area contributed by atoms with Gasteiger partial charge < -0.3 is 10.1 Å². The molecule has 2 nitrogen and oxygen atoms in total. The van der Waals surface area contributed by atoms with Gasteiger partial charge in [0.25, 0.3) is 0 Å². The minimum Gasteiger partial charge on any atom is -0.488 e. The second-order valence-corrected chi connectivity index (χ2v) is 6.91. The maximum absolute atomic E-state index is 6.00. The summed E-state index contributed by atoms with van der Waals surface area (Å²) in [6.07, 6.45) is 1.02. The second-order valence-electron chi connectivity index (χ2n) is 4.70. The Labute approximate surface area is 139 Å². The lowest BCUT2D eigenvalue weighted by Crippen LogP contribution is -2.24. The molecule has 1 atom stereocenters. The number of benzene rings is 2. The van der Waals surface area contributed by atoms with Crippen molar-refractivity contribution in [3.8, 4) is 5.75 Å². The average molecular weight is 418 g/mol. The summed E-state index contributed by atoms with van der Waals surface area (Å²) in [7, 11) is 0. The van der Waals surface area contributed by atoms with E-state index in [2.05, 4.69) is 37.2 Å². The number of hydrogen-bond acceptors (Lipinski definition) is 2. The largest absolute Gasteiger partial charge is 0.488 e. The van der Waals surface area contributed by atoms with Crippen molar-refractivity contribution in [1.29, 1.82) is 0 Å². The Kier molecular flexibility index (Phi) is 4.24. The maximum Gasteiger partial charge on any atom is 0.123 e. The van der Waals surface area contributed by atoms with Crippen molar-refractivity contribution >= 4 is 49.1 Å². The van der Waals surface area contributed by atoms with Crippen molar-refractivity contribution in [2.75, 3.05) is 11.9 Å². The molecule has 1 aliphatic rings. The Bertz CT molecular complexity index is 648. The Morgan fingerprint density at radius 2 is 2.05 bits per heavy atom. The number of rotatable bonds is 3. The van der Waals surface area contributed by atoms with Gasteiger partial charge in [0.05, 0.1) is 6.54 Å². The van der Waals surface area contributed by atoms with Crippen LogP contribution in [0.5, 0.6) is 5.75 Å². The normalized spacial score (nSPS) is 16.6. The Morgan fingerprint density at radius 1 is 1.20 bits per heavy atom. The van der Waals surface area contributed by atoms with Crippen LogP contribution in [0.15, 0.2) is 45.3 Å². The number of halogens is 3. The van der Waals surface area contributed by atoms with Gasteiger partial charge in [0.15, 0.2) is 0 Å². The van der Waals surface area contributed by atoms with Gasteiger partial charge in [0, 0.05) is 26.1 Å². The molecule has 0 aromatic heterocycles. The molecule has 0 radical (unpaired) electrons. The number of fused-ring (bicyclic) bond motifs is 1. The summed E-state index contributed by atoms with van der Waals surface area (Å²) in [5, 5.41) is 4.17. The molecule has 1 N–H and O–H groups in total. The molecule has 0 aliphatic carbocycles. The average Bonchev–Trinajstić information content (AvgIpc) is 2.81. The van der Waals surface area contributed by atoms with Gasteiger partial charge >= 0.3 is 0 Å². The lowest BCUT2D eigenvalue weighted by molar-refractivity contribution is 0.246. The van der Waals surface area contributed by atoms with E-state index in [1.54, 1.807) is 0 Å². The molecule has 0 bridgehead atoms. The molecule has 2 aromatic rings. The van der Waals surface area contributed by atoms with Crippen molar-refractivity contribution in [3.63, 3.8) is 0 Å². The maximum atomic E-state index is 6.00. The van der Waals surface area contributed by atoms with Gasteiger partial charge in [-0.25, -0.2) is 0 Å². The van der Waals surface area contributed by atoms with Gasteiger partial charge in [-0.3, -0.25) is 0 Å². The molecule has 0 saturated carbocycles. The van der Waals surface area contributed by atoms with Crippen LogP contribution in [0.4, 0.5) is 5.69 Å². The molecule has 1 heterocycles. The van der Waals surface area contributed by atoms with Gasteiger partial charge in [0.1, 0.15) is 11.9 Å². The molecule has 20 heavy (non-hydrogen) atoms. The molecular weight excluding hydrogens is 405 g/mol. The number of ether oxygens (including phenoxy) is 1. The summed E-state index contributed by atoms with van der Waals surface area (Å²) >= 11 is 13.0. The van der Waals surface area contributed by atoms with Gasteiger partial charge in [-0.05, 0) is 57.9 Å². The molecule has 104 valence electrons. The molecule has 2 aromatic carbocycles. The fraction of sp³-hybridized carbons (Fsp3) is 0.200. The van der Waals surface area contributed by atoms with Crippen molar-refractivity contribution in [2.24, 2.45) is 0 Å². The zero-order chi connectivity index (χ0) is 14.1. The Balaban J connectivity index is 1.65. The quantitative estimate of drug-likeness (QED) is 0.734. The van der Waals surface area contributed by atoms with E-state index < -0.39 is 0 Å². The van der Waals surface area contributed by atoms with E-state index in [0.29, 0.717) is 0 Å². The zero-order valence-electron chi connectivity index (χ0n) is 10.5. The van der Waals surface area contributed by atoms with Crippen molar-refractivity contribution < 1.29 is 4.74 Å². The SMILES string of the molecule is Clc1ccc2c(c1)CC(CNc1cc(Br)ccc1Br)O2. The first-order valence-electron chi connectivity index (χ1n) is 6.26. The van der Waals surface area contributed by atoms with Crippen LogP contribution < -0.4 is 10.1 Å².